The van der Waals surface area contributed by atoms with Crippen LogP contribution in [0.1, 0.15) is 66.2 Å². The molecule has 2 nitrogen and oxygen atoms in total. The molecule has 0 amide bonds. The van der Waals surface area contributed by atoms with Crippen LogP contribution in [0.5, 0.6) is 0 Å². The first-order valence-corrected chi connectivity index (χ1v) is 15.0. The Morgan fingerprint density at radius 2 is 1.90 bits per heavy atom. The van der Waals surface area contributed by atoms with Gasteiger partial charge in [-0.1, -0.05) is 38.2 Å². The fraction of sp³-hybridized carbons (Fsp3) is 0.731. The number of rotatable bonds is 6. The highest BCUT2D eigenvalue weighted by Crippen LogP contribution is 2.60. The van der Waals surface area contributed by atoms with Crippen molar-refractivity contribution >= 4 is 14.1 Å². The van der Waals surface area contributed by atoms with E-state index in [0.29, 0.717) is 23.5 Å². The maximum Gasteiger partial charge on any atom is 0.184 e. The molecule has 5 atom stereocenters. The van der Waals surface area contributed by atoms with Gasteiger partial charge in [0.25, 0.3) is 0 Å². The Bertz CT molecular complexity index is 725. The first-order valence-electron chi connectivity index (χ1n) is 11.6. The van der Waals surface area contributed by atoms with Crippen LogP contribution in [0.25, 0.3) is 0 Å². The van der Waals surface area contributed by atoms with Crippen molar-refractivity contribution in [3.63, 3.8) is 0 Å². The highest BCUT2D eigenvalue weighted by atomic mass is 28.4. The van der Waals surface area contributed by atoms with E-state index in [4.69, 9.17) is 4.43 Å². The van der Waals surface area contributed by atoms with Gasteiger partial charge in [0.1, 0.15) is 5.78 Å². The highest BCUT2D eigenvalue weighted by Gasteiger charge is 2.54. The van der Waals surface area contributed by atoms with Gasteiger partial charge in [-0.15, -0.1) is 6.58 Å². The van der Waals surface area contributed by atoms with Crippen LogP contribution < -0.4 is 0 Å². The lowest BCUT2D eigenvalue weighted by molar-refractivity contribution is -0.126. The van der Waals surface area contributed by atoms with E-state index in [9.17, 15) is 4.79 Å². The Morgan fingerprint density at radius 1 is 1.21 bits per heavy atom. The van der Waals surface area contributed by atoms with Crippen molar-refractivity contribution in [3.8, 4) is 0 Å². The van der Waals surface area contributed by atoms with E-state index in [2.05, 4.69) is 78.2 Å². The van der Waals surface area contributed by atoms with Crippen LogP contribution in [0.4, 0.5) is 0 Å². The van der Waals surface area contributed by atoms with Crippen LogP contribution in [0.3, 0.4) is 0 Å². The summed E-state index contributed by atoms with van der Waals surface area (Å²) >= 11 is 0. The molecule has 162 valence electrons. The third-order valence-electron chi connectivity index (χ3n) is 8.19. The lowest BCUT2D eigenvalue weighted by atomic mass is 9.53. The van der Waals surface area contributed by atoms with E-state index < -0.39 is 8.32 Å². The first-order chi connectivity index (χ1) is 13.3. The van der Waals surface area contributed by atoms with Crippen LogP contribution in [0, 0.1) is 28.6 Å². The summed E-state index contributed by atoms with van der Waals surface area (Å²) in [7, 11) is -1.67. The minimum Gasteiger partial charge on any atom is -0.409 e. The second kappa shape index (κ2) is 7.64. The predicted molar refractivity (Wildman–Crippen MR) is 125 cm³/mol. The topological polar surface area (TPSA) is 26.3 Å². The molecule has 3 aliphatic carbocycles. The second-order valence-electron chi connectivity index (χ2n) is 11.6. The number of Topliss-reactive ketones (excluding diaryl/α,β-unsaturated/α-hetero) is 1. The lowest BCUT2D eigenvalue weighted by Gasteiger charge is -2.51. The molecule has 2 fully saturated rings. The van der Waals surface area contributed by atoms with E-state index >= 15 is 0 Å². The van der Waals surface area contributed by atoms with Gasteiger partial charge in [0.15, 0.2) is 8.32 Å². The molecule has 0 aliphatic heterocycles. The normalized spacial score (nSPS) is 35.1. The van der Waals surface area contributed by atoms with Gasteiger partial charge in [0.05, 0.1) is 5.60 Å². The van der Waals surface area contributed by atoms with Crippen molar-refractivity contribution in [1.82, 2.24) is 0 Å². The second-order valence-corrected chi connectivity index (χ2v) is 16.1. The molecule has 3 aliphatic rings. The quantitative estimate of drug-likeness (QED) is 0.342. The summed E-state index contributed by atoms with van der Waals surface area (Å²) in [5, 5.41) is 0. The maximum absolute atomic E-state index is 12.5. The van der Waals surface area contributed by atoms with Crippen LogP contribution in [-0.2, 0) is 9.22 Å². The average Bonchev–Trinajstić information content (AvgIpc) is 3.05. The molecule has 0 aromatic heterocycles. The van der Waals surface area contributed by atoms with Crippen molar-refractivity contribution in [3.05, 3.63) is 36.5 Å². The number of carbonyl (C=O) groups is 1. The zero-order valence-corrected chi connectivity index (χ0v) is 20.8. The van der Waals surface area contributed by atoms with Crippen LogP contribution in [0.15, 0.2) is 36.5 Å². The molecule has 0 N–H and O–H groups in total. The minimum atomic E-state index is -1.67. The minimum absolute atomic E-state index is 0.0149. The van der Waals surface area contributed by atoms with Crippen LogP contribution in [-0.4, -0.2) is 19.7 Å². The van der Waals surface area contributed by atoms with Gasteiger partial charge in [-0.3, -0.25) is 4.79 Å². The fourth-order valence-electron chi connectivity index (χ4n) is 6.58. The average molecular weight is 415 g/mol. The molecule has 0 aromatic rings. The summed E-state index contributed by atoms with van der Waals surface area (Å²) in [5.41, 5.74) is 0.953. The van der Waals surface area contributed by atoms with Crippen LogP contribution >= 0.6 is 0 Å². The highest BCUT2D eigenvalue weighted by molar-refractivity contribution is 6.69. The molecule has 0 aromatic carbocycles. The largest absolute Gasteiger partial charge is 0.409 e. The molecular weight excluding hydrogens is 372 g/mol. The Kier molecular flexibility index (Phi) is 5.99. The summed E-state index contributed by atoms with van der Waals surface area (Å²) < 4.78 is 6.58. The summed E-state index contributed by atoms with van der Waals surface area (Å²) in [6.07, 6.45) is 15.6. The Labute approximate surface area is 180 Å². The number of allylic oxidation sites excluding steroid dienone is 3. The van der Waals surface area contributed by atoms with Crippen molar-refractivity contribution in [2.24, 2.45) is 28.6 Å². The number of ketones is 1. The zero-order valence-electron chi connectivity index (χ0n) is 19.8. The molecule has 3 rings (SSSR count). The van der Waals surface area contributed by atoms with Crippen molar-refractivity contribution in [2.45, 2.75) is 91.5 Å². The van der Waals surface area contributed by atoms with E-state index in [1.54, 1.807) is 0 Å². The summed E-state index contributed by atoms with van der Waals surface area (Å²) in [4.78, 5) is 12.5. The smallest absolute Gasteiger partial charge is 0.184 e. The standard InChI is InChI=1S/C26H42O2Si/c1-9-26(5,22-16-15-21-20(22)13-10-14-23(21)27)25(4)17-11-12-19(18-25)24(2,3)28-29(6,7)8/h9,11-12,18,20-22H,1,10,13-17H2,2-8H3/t20-,21+,22?,25+,26+/m0/s1. The summed E-state index contributed by atoms with van der Waals surface area (Å²) in [6.45, 7) is 20.3. The molecular formula is C26H42O2Si. The lowest BCUT2D eigenvalue weighted by Crippen LogP contribution is -2.46. The monoisotopic (exact) mass is 414 g/mol. The molecule has 3 heteroatoms. The van der Waals surface area contributed by atoms with E-state index in [-0.39, 0.29) is 16.4 Å². The zero-order chi connectivity index (χ0) is 21.7. The van der Waals surface area contributed by atoms with Gasteiger partial charge < -0.3 is 4.43 Å². The Morgan fingerprint density at radius 3 is 2.52 bits per heavy atom. The first kappa shape index (κ1) is 22.7. The van der Waals surface area contributed by atoms with Gasteiger partial charge in [-0.05, 0) is 93.8 Å². The molecule has 0 heterocycles. The van der Waals surface area contributed by atoms with E-state index in [1.807, 2.05) is 0 Å². The molecule has 2 saturated carbocycles. The van der Waals surface area contributed by atoms with Gasteiger partial charge in [0, 0.05) is 12.3 Å². The Balaban J connectivity index is 1.95. The third-order valence-corrected chi connectivity index (χ3v) is 9.31. The van der Waals surface area contributed by atoms with Gasteiger partial charge in [0.2, 0.25) is 0 Å². The number of hydrogen-bond donors (Lipinski definition) is 0. The third kappa shape index (κ3) is 4.14. The number of hydrogen-bond acceptors (Lipinski definition) is 2. The Hall–Kier alpha value is -0.933. The van der Waals surface area contributed by atoms with E-state index in [0.717, 1.165) is 32.1 Å². The SMILES string of the molecule is C=C[C@](C)(C1CC[C@H]2C(=O)CCC[C@H]12)[C@@]1(C)C=C(C(C)(C)O[Si](C)(C)C)C=CC1. The molecule has 1 unspecified atom stereocenters. The van der Waals surface area contributed by atoms with Crippen molar-refractivity contribution in [1.29, 1.82) is 0 Å². The van der Waals surface area contributed by atoms with Gasteiger partial charge in [-0.2, -0.15) is 0 Å². The fourth-order valence-corrected chi connectivity index (χ4v) is 8.22. The van der Waals surface area contributed by atoms with Crippen LogP contribution in [0.2, 0.25) is 19.6 Å². The molecule has 0 spiro atoms. The summed E-state index contributed by atoms with van der Waals surface area (Å²) in [5.74, 6) is 1.88. The number of fused-ring (bicyclic) bond motifs is 1. The molecule has 0 bridgehead atoms. The summed E-state index contributed by atoms with van der Waals surface area (Å²) in [6, 6.07) is 0. The predicted octanol–water partition coefficient (Wildman–Crippen LogP) is 7.10. The van der Waals surface area contributed by atoms with Gasteiger partial charge >= 0.3 is 0 Å². The van der Waals surface area contributed by atoms with E-state index in [1.165, 1.54) is 12.0 Å². The number of carbonyl (C=O) groups excluding carboxylic acids is 1. The molecule has 0 radical (unpaired) electrons. The molecule has 29 heavy (non-hydrogen) atoms. The maximum atomic E-state index is 12.5. The van der Waals surface area contributed by atoms with Gasteiger partial charge in [-0.25, -0.2) is 0 Å². The molecule has 0 saturated heterocycles. The van der Waals surface area contributed by atoms with Crippen molar-refractivity contribution in [2.75, 3.05) is 0 Å². The van der Waals surface area contributed by atoms with Crippen molar-refractivity contribution < 1.29 is 9.22 Å².